The first kappa shape index (κ1) is 5.87. The predicted octanol–water partition coefficient (Wildman–Crippen LogP) is 0.0302. The van der Waals surface area contributed by atoms with E-state index in [-0.39, 0.29) is 0 Å². The molecule has 0 atom stereocenters. The molecular formula is CH5NO3S. The van der Waals surface area contributed by atoms with E-state index in [4.69, 9.17) is 9.11 Å². The minimum atomic E-state index is -3.79. The first-order chi connectivity index (χ1) is 2.56. The van der Waals surface area contributed by atoms with Crippen LogP contribution < -0.4 is 0 Å². The van der Waals surface area contributed by atoms with Gasteiger partial charge in [0.05, 0.1) is 0 Å². The van der Waals surface area contributed by atoms with Gasteiger partial charge in [-0.1, -0.05) is 0 Å². The van der Waals surface area contributed by atoms with Crippen LogP contribution in [0.3, 0.4) is 0 Å². The second kappa shape index (κ2) is 1.55. The van der Waals surface area contributed by atoms with Gasteiger partial charge >= 0.3 is 0 Å². The highest BCUT2D eigenvalue weighted by Crippen LogP contribution is 1.73. The van der Waals surface area contributed by atoms with Crippen LogP contribution in [0.2, 0.25) is 0 Å². The zero-order valence-corrected chi connectivity index (χ0v) is 3.97. The molecule has 0 aromatic carbocycles. The third kappa shape index (κ3) is 3.87. The summed E-state index contributed by atoms with van der Waals surface area (Å²) in [7, 11) is -2.73. The molecule has 0 spiro atoms. The van der Waals surface area contributed by atoms with Crippen LogP contribution in [0.1, 0.15) is 0 Å². The van der Waals surface area contributed by atoms with Gasteiger partial charge in [-0.2, -0.15) is 8.57 Å². The lowest BCUT2D eigenvalue weighted by molar-refractivity contribution is 0.437. The monoisotopic (exact) mass is 111 g/mol. The molecule has 0 aliphatic carbocycles. The lowest BCUT2D eigenvalue weighted by Gasteiger charge is -1.80. The van der Waals surface area contributed by atoms with Crippen LogP contribution >= 0.6 is 0 Å². The standard InChI is InChI=1S/CH5NO3S/c1-2-6(3,4)5/h1H3,(H2,2,3,4,5). The molecule has 4 nitrogen and oxygen atoms in total. The van der Waals surface area contributed by atoms with E-state index >= 15 is 0 Å². The van der Waals surface area contributed by atoms with Gasteiger partial charge in [0.15, 0.2) is 0 Å². The zero-order chi connectivity index (χ0) is 5.21. The quantitative estimate of drug-likeness (QED) is 0.463. The van der Waals surface area contributed by atoms with E-state index in [2.05, 4.69) is 4.36 Å². The largest absolute Gasteiger partial charge is 0.287 e. The second-order valence-corrected chi connectivity index (χ2v) is 1.95. The molecule has 0 saturated carbocycles. The SMILES string of the molecule is CN=S(=O)(O)O. The summed E-state index contributed by atoms with van der Waals surface area (Å²) in [5.41, 5.74) is 0. The minimum Gasteiger partial charge on any atom is -0.279 e. The average molecular weight is 111 g/mol. The molecule has 6 heavy (non-hydrogen) atoms. The summed E-state index contributed by atoms with van der Waals surface area (Å²) < 4.78 is 27.6. The van der Waals surface area contributed by atoms with Gasteiger partial charge in [-0.05, 0) is 0 Å². The number of hydrogen-bond donors (Lipinski definition) is 2. The maximum atomic E-state index is 9.50. The molecule has 0 bridgehead atoms. The van der Waals surface area contributed by atoms with Crippen LogP contribution in [0.25, 0.3) is 0 Å². The van der Waals surface area contributed by atoms with Crippen molar-refractivity contribution in [2.75, 3.05) is 7.05 Å². The molecule has 0 aromatic rings. The molecule has 0 aliphatic rings. The molecule has 0 heterocycles. The van der Waals surface area contributed by atoms with E-state index in [1.54, 1.807) is 0 Å². The van der Waals surface area contributed by atoms with Crippen molar-refractivity contribution in [2.24, 2.45) is 4.36 Å². The van der Waals surface area contributed by atoms with Crippen molar-refractivity contribution >= 4 is 10.3 Å². The average Bonchev–Trinajstić information content (AvgIpc) is 1.35. The predicted molar refractivity (Wildman–Crippen MR) is 21.8 cm³/mol. The van der Waals surface area contributed by atoms with Crippen LogP contribution in [0.15, 0.2) is 4.36 Å². The summed E-state index contributed by atoms with van der Waals surface area (Å²) in [6.07, 6.45) is 0. The highest BCUT2D eigenvalue weighted by molar-refractivity contribution is 7.82. The topological polar surface area (TPSA) is 69.9 Å². The Labute approximate surface area is 36.0 Å². The Hall–Kier alpha value is -0.130. The van der Waals surface area contributed by atoms with Gasteiger partial charge in [-0.25, -0.2) is 0 Å². The zero-order valence-electron chi connectivity index (χ0n) is 3.16. The second-order valence-electron chi connectivity index (χ2n) is 0.651. The molecule has 38 valence electrons. The third-order valence-corrected chi connectivity index (χ3v) is 0.714. The summed E-state index contributed by atoms with van der Waals surface area (Å²) in [5.74, 6) is 0. The lowest BCUT2D eigenvalue weighted by Crippen LogP contribution is -1.90. The smallest absolute Gasteiger partial charge is 0.279 e. The molecule has 0 fully saturated rings. The molecule has 2 N–H and O–H groups in total. The highest BCUT2D eigenvalue weighted by atomic mass is 32.2. The molecular weight excluding hydrogens is 106 g/mol. The fourth-order valence-electron chi connectivity index (χ4n) is 0. The van der Waals surface area contributed by atoms with Crippen molar-refractivity contribution in [3.8, 4) is 0 Å². The molecule has 0 rings (SSSR count). The van der Waals surface area contributed by atoms with E-state index in [9.17, 15) is 4.21 Å². The summed E-state index contributed by atoms with van der Waals surface area (Å²) in [4.78, 5) is 0. The normalized spacial score (nSPS) is 11.2. The maximum absolute atomic E-state index is 9.50. The van der Waals surface area contributed by atoms with E-state index in [1.165, 1.54) is 0 Å². The Kier molecular flexibility index (Phi) is 1.51. The van der Waals surface area contributed by atoms with Gasteiger partial charge in [0.2, 0.25) is 0 Å². The summed E-state index contributed by atoms with van der Waals surface area (Å²) >= 11 is 0. The lowest BCUT2D eigenvalue weighted by atomic mass is 11.6. The van der Waals surface area contributed by atoms with Crippen LogP contribution in [0, 0.1) is 0 Å². The van der Waals surface area contributed by atoms with Crippen molar-refractivity contribution in [1.29, 1.82) is 0 Å². The molecule has 0 aromatic heterocycles. The van der Waals surface area contributed by atoms with Gasteiger partial charge in [0, 0.05) is 7.05 Å². The van der Waals surface area contributed by atoms with Gasteiger partial charge in [-0.3, -0.25) is 9.11 Å². The van der Waals surface area contributed by atoms with Gasteiger partial charge < -0.3 is 0 Å². The molecule has 0 aliphatic heterocycles. The van der Waals surface area contributed by atoms with Gasteiger partial charge in [0.1, 0.15) is 0 Å². The minimum absolute atomic E-state index is 1.06. The van der Waals surface area contributed by atoms with E-state index < -0.39 is 10.3 Å². The summed E-state index contributed by atoms with van der Waals surface area (Å²) in [5, 5.41) is 0. The fourth-order valence-corrected chi connectivity index (χ4v) is 0. The summed E-state index contributed by atoms with van der Waals surface area (Å²) in [6.45, 7) is 0. The van der Waals surface area contributed by atoms with Crippen molar-refractivity contribution < 1.29 is 13.3 Å². The molecule has 0 radical (unpaired) electrons. The van der Waals surface area contributed by atoms with Gasteiger partial charge in [-0.15, -0.1) is 0 Å². The molecule has 5 heteroatoms. The third-order valence-electron chi connectivity index (χ3n) is 0.238. The van der Waals surface area contributed by atoms with Crippen LogP contribution in [-0.4, -0.2) is 20.4 Å². The molecule has 0 saturated heterocycles. The first-order valence-corrected chi connectivity index (χ1v) is 2.59. The van der Waals surface area contributed by atoms with Gasteiger partial charge in [0.25, 0.3) is 10.3 Å². The van der Waals surface area contributed by atoms with E-state index in [0.717, 1.165) is 7.05 Å². The van der Waals surface area contributed by atoms with Crippen LogP contribution in [0.5, 0.6) is 0 Å². The molecule has 0 amide bonds. The van der Waals surface area contributed by atoms with Crippen LogP contribution in [0.4, 0.5) is 0 Å². The fraction of sp³-hybridized carbons (Fsp3) is 1.00. The Morgan fingerprint density at radius 1 is 1.67 bits per heavy atom. The number of nitrogens with zero attached hydrogens (tertiary/aromatic N) is 1. The number of rotatable bonds is 0. The van der Waals surface area contributed by atoms with E-state index in [0.29, 0.717) is 0 Å². The van der Waals surface area contributed by atoms with Crippen LogP contribution in [-0.2, 0) is 10.3 Å². The summed E-state index contributed by atoms with van der Waals surface area (Å²) in [6, 6.07) is 0. The molecule has 0 unspecified atom stereocenters. The Bertz CT molecular complexity index is 124. The van der Waals surface area contributed by atoms with Crippen molar-refractivity contribution in [3.05, 3.63) is 0 Å². The maximum Gasteiger partial charge on any atom is 0.287 e. The van der Waals surface area contributed by atoms with E-state index in [1.807, 2.05) is 0 Å². The first-order valence-electron chi connectivity index (χ1n) is 1.16. The highest BCUT2D eigenvalue weighted by Gasteiger charge is 1.83. The Morgan fingerprint density at radius 3 is 1.83 bits per heavy atom. The number of hydrogen-bond acceptors (Lipinski definition) is 2. The van der Waals surface area contributed by atoms with Crippen molar-refractivity contribution in [3.63, 3.8) is 0 Å². The Morgan fingerprint density at radius 2 is 1.83 bits per heavy atom. The Balaban J connectivity index is 4.24. The van der Waals surface area contributed by atoms with Crippen molar-refractivity contribution in [2.45, 2.75) is 0 Å². The van der Waals surface area contributed by atoms with Crippen molar-refractivity contribution in [1.82, 2.24) is 0 Å².